The molecule has 128 valence electrons. The van der Waals surface area contributed by atoms with Gasteiger partial charge in [0, 0.05) is 25.7 Å². The second-order valence-electron chi connectivity index (χ2n) is 6.79. The molecule has 0 aromatic carbocycles. The van der Waals surface area contributed by atoms with Crippen molar-refractivity contribution in [3.8, 4) is 0 Å². The average molecular weight is 301 g/mol. The van der Waals surface area contributed by atoms with Crippen molar-refractivity contribution in [3.05, 3.63) is 0 Å². The predicted octanol–water partition coefficient (Wildman–Crippen LogP) is 1.91. The summed E-state index contributed by atoms with van der Waals surface area (Å²) in [4.78, 5) is 2.43. The van der Waals surface area contributed by atoms with E-state index in [1.165, 1.54) is 32.2 Å². The largest absolute Gasteiger partial charge is 0.327 e. The van der Waals surface area contributed by atoms with Crippen molar-refractivity contribution < 1.29 is 0 Å². The van der Waals surface area contributed by atoms with E-state index in [2.05, 4.69) is 43.4 Å². The molecule has 3 unspecified atom stereocenters. The molecule has 21 heavy (non-hydrogen) atoms. The average Bonchev–Trinajstić information content (AvgIpc) is 2.45. The molecule has 0 saturated heterocycles. The zero-order valence-electron chi connectivity index (χ0n) is 15.1. The van der Waals surface area contributed by atoms with E-state index >= 15 is 0 Å². The van der Waals surface area contributed by atoms with Crippen LogP contribution in [0.5, 0.6) is 0 Å². The summed E-state index contributed by atoms with van der Waals surface area (Å²) in [6.45, 7) is 12.2. The van der Waals surface area contributed by atoms with Gasteiger partial charge < -0.3 is 21.3 Å². The predicted molar refractivity (Wildman–Crippen MR) is 94.7 cm³/mol. The van der Waals surface area contributed by atoms with Gasteiger partial charge in [-0.05, 0) is 58.8 Å². The van der Waals surface area contributed by atoms with Crippen LogP contribution in [0.2, 0.25) is 0 Å². The Kier molecular flexibility index (Phi) is 13.4. The Hall–Kier alpha value is -0.160. The van der Waals surface area contributed by atoms with Gasteiger partial charge in [-0.25, -0.2) is 0 Å². The van der Waals surface area contributed by atoms with Gasteiger partial charge in [0.1, 0.15) is 0 Å². The molecular formula is C17H40N4. The van der Waals surface area contributed by atoms with Crippen LogP contribution in [0.15, 0.2) is 0 Å². The van der Waals surface area contributed by atoms with Gasteiger partial charge in [-0.3, -0.25) is 0 Å². The van der Waals surface area contributed by atoms with E-state index in [9.17, 15) is 0 Å². The number of rotatable bonds is 14. The summed E-state index contributed by atoms with van der Waals surface area (Å²) < 4.78 is 0. The number of nitrogens with two attached hydrogens (primary N) is 1. The number of hydrogen-bond donors (Lipinski definition) is 3. The van der Waals surface area contributed by atoms with E-state index in [4.69, 9.17) is 5.73 Å². The molecule has 4 heteroatoms. The Morgan fingerprint density at radius 3 is 2.33 bits per heavy atom. The molecule has 0 aliphatic heterocycles. The highest BCUT2D eigenvalue weighted by molar-refractivity contribution is 4.67. The van der Waals surface area contributed by atoms with Gasteiger partial charge in [0.15, 0.2) is 0 Å². The maximum absolute atomic E-state index is 5.77. The number of hydrogen-bond acceptors (Lipinski definition) is 4. The Morgan fingerprint density at radius 2 is 1.76 bits per heavy atom. The normalized spacial score (nSPS) is 16.1. The molecule has 0 rings (SSSR count). The standard InChI is InChI=1S/C17H40N4/c1-6-17(14-20-13-16(3)18)8-7-15(2)9-11-21(5)12-10-19-4/h15-17,19-20H,6-14,18H2,1-5H3. The van der Waals surface area contributed by atoms with Gasteiger partial charge in [0.2, 0.25) is 0 Å². The van der Waals surface area contributed by atoms with E-state index in [0.717, 1.165) is 38.0 Å². The van der Waals surface area contributed by atoms with E-state index < -0.39 is 0 Å². The first kappa shape index (κ1) is 20.8. The summed E-state index contributed by atoms with van der Waals surface area (Å²) in [6, 6.07) is 0.259. The first-order valence-corrected chi connectivity index (χ1v) is 8.78. The van der Waals surface area contributed by atoms with Crippen molar-refractivity contribution in [2.24, 2.45) is 17.6 Å². The summed E-state index contributed by atoms with van der Waals surface area (Å²) in [7, 11) is 4.23. The molecule has 0 radical (unpaired) electrons. The van der Waals surface area contributed by atoms with E-state index in [-0.39, 0.29) is 6.04 Å². The zero-order valence-corrected chi connectivity index (χ0v) is 15.1. The Balaban J connectivity index is 3.70. The van der Waals surface area contributed by atoms with Gasteiger partial charge in [0.25, 0.3) is 0 Å². The van der Waals surface area contributed by atoms with Crippen molar-refractivity contribution in [3.63, 3.8) is 0 Å². The maximum atomic E-state index is 5.77. The highest BCUT2D eigenvalue weighted by atomic mass is 15.1. The quantitative estimate of drug-likeness (QED) is 0.459. The van der Waals surface area contributed by atoms with Crippen molar-refractivity contribution in [2.45, 2.75) is 52.5 Å². The van der Waals surface area contributed by atoms with Crippen molar-refractivity contribution in [1.82, 2.24) is 15.5 Å². The monoisotopic (exact) mass is 300 g/mol. The number of nitrogens with zero attached hydrogens (tertiary/aromatic N) is 1. The molecule has 3 atom stereocenters. The minimum Gasteiger partial charge on any atom is -0.327 e. The SMILES string of the molecule is CCC(CCC(C)CCN(C)CCNC)CNCC(C)N. The summed E-state index contributed by atoms with van der Waals surface area (Å²) in [5.41, 5.74) is 5.77. The minimum absolute atomic E-state index is 0.259. The van der Waals surface area contributed by atoms with Gasteiger partial charge >= 0.3 is 0 Å². The molecule has 0 saturated carbocycles. The lowest BCUT2D eigenvalue weighted by Crippen LogP contribution is -2.34. The molecule has 0 aliphatic carbocycles. The molecule has 0 aromatic heterocycles. The van der Waals surface area contributed by atoms with Gasteiger partial charge in [-0.2, -0.15) is 0 Å². The Bertz CT molecular complexity index is 221. The Labute approximate surface area is 133 Å². The molecule has 0 amide bonds. The molecule has 0 bridgehead atoms. The van der Waals surface area contributed by atoms with Crippen molar-refractivity contribution in [1.29, 1.82) is 0 Å². The number of nitrogens with one attached hydrogen (secondary N) is 2. The van der Waals surface area contributed by atoms with Crippen LogP contribution >= 0.6 is 0 Å². The van der Waals surface area contributed by atoms with Crippen LogP contribution in [0.25, 0.3) is 0 Å². The van der Waals surface area contributed by atoms with Crippen LogP contribution in [0.4, 0.5) is 0 Å². The minimum atomic E-state index is 0.259. The lowest BCUT2D eigenvalue weighted by atomic mass is 9.93. The van der Waals surface area contributed by atoms with Crippen LogP contribution in [-0.2, 0) is 0 Å². The summed E-state index contributed by atoms with van der Waals surface area (Å²) in [6.07, 6.45) is 5.26. The highest BCUT2D eigenvalue weighted by Crippen LogP contribution is 2.17. The van der Waals surface area contributed by atoms with Crippen LogP contribution in [0, 0.1) is 11.8 Å². The first-order valence-electron chi connectivity index (χ1n) is 8.78. The highest BCUT2D eigenvalue weighted by Gasteiger charge is 2.10. The van der Waals surface area contributed by atoms with Gasteiger partial charge in [-0.15, -0.1) is 0 Å². The lowest BCUT2D eigenvalue weighted by Gasteiger charge is -2.21. The van der Waals surface area contributed by atoms with Crippen LogP contribution in [0.3, 0.4) is 0 Å². The molecule has 0 aliphatic rings. The van der Waals surface area contributed by atoms with Crippen LogP contribution < -0.4 is 16.4 Å². The van der Waals surface area contributed by atoms with Crippen LogP contribution in [0.1, 0.15) is 46.5 Å². The van der Waals surface area contributed by atoms with Crippen molar-refractivity contribution in [2.75, 3.05) is 46.8 Å². The second kappa shape index (κ2) is 13.5. The third kappa shape index (κ3) is 13.2. The first-order chi connectivity index (χ1) is 9.99. The number of likely N-dealkylation sites (N-methyl/N-ethyl adjacent to an activating group) is 2. The summed E-state index contributed by atoms with van der Waals surface area (Å²) >= 11 is 0. The topological polar surface area (TPSA) is 53.3 Å². The molecule has 4 nitrogen and oxygen atoms in total. The zero-order chi connectivity index (χ0) is 16.1. The van der Waals surface area contributed by atoms with Crippen molar-refractivity contribution >= 4 is 0 Å². The molecule has 0 fully saturated rings. The van der Waals surface area contributed by atoms with E-state index in [1.807, 2.05) is 7.05 Å². The Morgan fingerprint density at radius 1 is 1.05 bits per heavy atom. The van der Waals surface area contributed by atoms with Gasteiger partial charge in [-0.1, -0.05) is 26.7 Å². The summed E-state index contributed by atoms with van der Waals surface area (Å²) in [5.74, 6) is 1.62. The lowest BCUT2D eigenvalue weighted by molar-refractivity contribution is 0.291. The summed E-state index contributed by atoms with van der Waals surface area (Å²) in [5, 5.41) is 6.70. The smallest absolute Gasteiger partial charge is 0.0136 e. The van der Waals surface area contributed by atoms with Crippen LogP contribution in [-0.4, -0.2) is 57.8 Å². The fourth-order valence-electron chi connectivity index (χ4n) is 2.49. The van der Waals surface area contributed by atoms with Gasteiger partial charge in [0.05, 0.1) is 0 Å². The maximum Gasteiger partial charge on any atom is 0.0136 e. The molecular weight excluding hydrogens is 260 g/mol. The molecule has 0 aromatic rings. The molecule has 0 heterocycles. The fraction of sp³-hybridized carbons (Fsp3) is 1.00. The molecule has 4 N–H and O–H groups in total. The third-order valence-electron chi connectivity index (χ3n) is 4.29. The molecule has 0 spiro atoms. The van der Waals surface area contributed by atoms with E-state index in [1.54, 1.807) is 0 Å². The fourth-order valence-corrected chi connectivity index (χ4v) is 2.49. The van der Waals surface area contributed by atoms with E-state index in [0.29, 0.717) is 0 Å². The second-order valence-corrected chi connectivity index (χ2v) is 6.79. The third-order valence-corrected chi connectivity index (χ3v) is 4.29.